The lowest BCUT2D eigenvalue weighted by molar-refractivity contribution is 0.352. The van der Waals surface area contributed by atoms with Crippen LogP contribution in [0.15, 0.2) is 18.2 Å². The number of halogens is 2. The van der Waals surface area contributed by atoms with E-state index < -0.39 is 11.6 Å². The maximum atomic E-state index is 13.2. The Morgan fingerprint density at radius 2 is 2.12 bits per heavy atom. The SMILES string of the molecule is CCCC1(c2ccc(F)c(F)c2)CCCN1. The molecule has 0 bridgehead atoms. The van der Waals surface area contributed by atoms with Crippen molar-refractivity contribution < 1.29 is 8.78 Å². The third-order valence-corrected chi connectivity index (χ3v) is 3.39. The maximum Gasteiger partial charge on any atom is 0.159 e. The summed E-state index contributed by atoms with van der Waals surface area (Å²) < 4.78 is 26.1. The normalized spacial score (nSPS) is 24.9. The number of rotatable bonds is 3. The summed E-state index contributed by atoms with van der Waals surface area (Å²) in [7, 11) is 0. The van der Waals surface area contributed by atoms with Crippen molar-refractivity contribution in [2.45, 2.75) is 38.1 Å². The lowest BCUT2D eigenvalue weighted by Gasteiger charge is -2.30. The number of hydrogen-bond donors (Lipinski definition) is 1. The van der Waals surface area contributed by atoms with Gasteiger partial charge in [-0.3, -0.25) is 0 Å². The highest BCUT2D eigenvalue weighted by molar-refractivity contribution is 5.27. The van der Waals surface area contributed by atoms with Crippen LogP contribution in [0.3, 0.4) is 0 Å². The van der Waals surface area contributed by atoms with Gasteiger partial charge < -0.3 is 5.32 Å². The zero-order chi connectivity index (χ0) is 11.6. The average Bonchev–Trinajstić information content (AvgIpc) is 2.72. The number of hydrogen-bond acceptors (Lipinski definition) is 1. The molecule has 1 aliphatic heterocycles. The Bertz CT molecular complexity index is 370. The molecule has 16 heavy (non-hydrogen) atoms. The van der Waals surface area contributed by atoms with Crippen molar-refractivity contribution >= 4 is 0 Å². The lowest BCUT2D eigenvalue weighted by atomic mass is 9.84. The van der Waals surface area contributed by atoms with Crippen LogP contribution in [0.25, 0.3) is 0 Å². The Labute approximate surface area is 94.9 Å². The van der Waals surface area contributed by atoms with E-state index in [0.29, 0.717) is 0 Å². The summed E-state index contributed by atoms with van der Waals surface area (Å²) in [6, 6.07) is 4.26. The van der Waals surface area contributed by atoms with Gasteiger partial charge in [0.1, 0.15) is 0 Å². The van der Waals surface area contributed by atoms with Crippen LogP contribution in [0.5, 0.6) is 0 Å². The topological polar surface area (TPSA) is 12.0 Å². The van der Waals surface area contributed by atoms with Gasteiger partial charge >= 0.3 is 0 Å². The Hall–Kier alpha value is -0.960. The quantitative estimate of drug-likeness (QED) is 0.831. The van der Waals surface area contributed by atoms with Gasteiger partial charge in [0, 0.05) is 5.54 Å². The van der Waals surface area contributed by atoms with E-state index in [0.717, 1.165) is 37.8 Å². The van der Waals surface area contributed by atoms with Crippen LogP contribution in [0.2, 0.25) is 0 Å². The van der Waals surface area contributed by atoms with Gasteiger partial charge in [-0.15, -0.1) is 0 Å². The van der Waals surface area contributed by atoms with Gasteiger partial charge in [-0.25, -0.2) is 8.78 Å². The average molecular weight is 225 g/mol. The predicted molar refractivity (Wildman–Crippen MR) is 60.2 cm³/mol. The van der Waals surface area contributed by atoms with Gasteiger partial charge in [0.25, 0.3) is 0 Å². The predicted octanol–water partition coefficient (Wildman–Crippen LogP) is 3.34. The first-order valence-corrected chi connectivity index (χ1v) is 5.88. The maximum absolute atomic E-state index is 13.2. The molecular formula is C13H17F2N. The molecule has 0 amide bonds. The van der Waals surface area contributed by atoms with Crippen LogP contribution in [-0.4, -0.2) is 6.54 Å². The Morgan fingerprint density at radius 3 is 2.69 bits per heavy atom. The molecule has 0 saturated carbocycles. The summed E-state index contributed by atoms with van der Waals surface area (Å²) in [6.07, 6.45) is 4.11. The highest BCUT2D eigenvalue weighted by Crippen LogP contribution is 2.35. The Balaban J connectivity index is 2.35. The number of benzene rings is 1. The summed E-state index contributed by atoms with van der Waals surface area (Å²) in [5.74, 6) is -1.52. The molecule has 88 valence electrons. The molecule has 3 heteroatoms. The van der Waals surface area contributed by atoms with E-state index in [1.165, 1.54) is 12.1 Å². The van der Waals surface area contributed by atoms with Gasteiger partial charge in [0.2, 0.25) is 0 Å². The molecule has 1 aromatic rings. The summed E-state index contributed by atoms with van der Waals surface area (Å²) in [4.78, 5) is 0. The van der Waals surface area contributed by atoms with E-state index >= 15 is 0 Å². The highest BCUT2D eigenvalue weighted by atomic mass is 19.2. The highest BCUT2D eigenvalue weighted by Gasteiger charge is 2.34. The number of nitrogens with one attached hydrogen (secondary N) is 1. The summed E-state index contributed by atoms with van der Waals surface area (Å²) in [5.41, 5.74) is 0.745. The van der Waals surface area contributed by atoms with Crippen molar-refractivity contribution in [1.29, 1.82) is 0 Å². The molecule has 1 atom stereocenters. The van der Waals surface area contributed by atoms with Crippen LogP contribution < -0.4 is 5.32 Å². The summed E-state index contributed by atoms with van der Waals surface area (Å²) in [6.45, 7) is 3.07. The fraction of sp³-hybridized carbons (Fsp3) is 0.538. The van der Waals surface area contributed by atoms with Crippen molar-refractivity contribution in [1.82, 2.24) is 5.32 Å². The lowest BCUT2D eigenvalue weighted by Crippen LogP contribution is -2.36. The summed E-state index contributed by atoms with van der Waals surface area (Å²) >= 11 is 0. The van der Waals surface area contributed by atoms with Gasteiger partial charge in [0.05, 0.1) is 0 Å². The van der Waals surface area contributed by atoms with Crippen LogP contribution in [-0.2, 0) is 5.54 Å². The second-order valence-electron chi connectivity index (χ2n) is 4.49. The molecule has 0 radical (unpaired) electrons. The van der Waals surface area contributed by atoms with Crippen molar-refractivity contribution in [2.24, 2.45) is 0 Å². The fourth-order valence-corrected chi connectivity index (χ4v) is 2.63. The van der Waals surface area contributed by atoms with E-state index in [9.17, 15) is 8.78 Å². The van der Waals surface area contributed by atoms with Crippen LogP contribution in [0, 0.1) is 11.6 Å². The third-order valence-electron chi connectivity index (χ3n) is 3.39. The summed E-state index contributed by atoms with van der Waals surface area (Å²) in [5, 5.41) is 3.44. The Kier molecular flexibility index (Phi) is 3.24. The third kappa shape index (κ3) is 1.96. The van der Waals surface area contributed by atoms with Gasteiger partial charge in [-0.2, -0.15) is 0 Å². The van der Waals surface area contributed by atoms with Crippen molar-refractivity contribution in [3.05, 3.63) is 35.4 Å². The first-order valence-electron chi connectivity index (χ1n) is 5.88. The van der Waals surface area contributed by atoms with E-state index in [1.807, 2.05) is 0 Å². The second kappa shape index (κ2) is 4.50. The van der Waals surface area contributed by atoms with E-state index in [-0.39, 0.29) is 5.54 Å². The zero-order valence-corrected chi connectivity index (χ0v) is 9.52. The van der Waals surface area contributed by atoms with E-state index in [2.05, 4.69) is 12.2 Å². The van der Waals surface area contributed by atoms with Crippen molar-refractivity contribution in [3.63, 3.8) is 0 Å². The molecule has 0 aromatic heterocycles. The van der Waals surface area contributed by atoms with Gasteiger partial charge in [-0.05, 0) is 43.5 Å². The molecule has 1 nitrogen and oxygen atoms in total. The minimum absolute atomic E-state index is 0.136. The molecule has 1 unspecified atom stereocenters. The van der Waals surface area contributed by atoms with Crippen molar-refractivity contribution in [3.8, 4) is 0 Å². The Morgan fingerprint density at radius 1 is 1.31 bits per heavy atom. The molecule has 1 aromatic carbocycles. The van der Waals surface area contributed by atoms with Crippen LogP contribution >= 0.6 is 0 Å². The first kappa shape index (κ1) is 11.5. The monoisotopic (exact) mass is 225 g/mol. The fourth-order valence-electron chi connectivity index (χ4n) is 2.63. The molecule has 1 saturated heterocycles. The zero-order valence-electron chi connectivity index (χ0n) is 9.52. The molecule has 1 N–H and O–H groups in total. The molecule has 1 heterocycles. The molecule has 1 aliphatic rings. The van der Waals surface area contributed by atoms with Gasteiger partial charge in [0.15, 0.2) is 11.6 Å². The minimum Gasteiger partial charge on any atom is -0.307 e. The molecule has 1 fully saturated rings. The standard InChI is InChI=1S/C13H17F2N/c1-2-6-13(7-3-8-16-13)10-4-5-11(14)12(15)9-10/h4-5,9,16H,2-3,6-8H2,1H3. The minimum atomic E-state index is -0.770. The van der Waals surface area contributed by atoms with E-state index in [1.54, 1.807) is 6.07 Å². The smallest absolute Gasteiger partial charge is 0.159 e. The molecule has 0 spiro atoms. The van der Waals surface area contributed by atoms with Crippen LogP contribution in [0.4, 0.5) is 8.78 Å². The van der Waals surface area contributed by atoms with E-state index in [4.69, 9.17) is 0 Å². The van der Waals surface area contributed by atoms with Crippen LogP contribution in [0.1, 0.15) is 38.2 Å². The molecular weight excluding hydrogens is 208 g/mol. The molecule has 0 aliphatic carbocycles. The van der Waals surface area contributed by atoms with Gasteiger partial charge in [-0.1, -0.05) is 19.4 Å². The first-order chi connectivity index (χ1) is 7.68. The molecule has 2 rings (SSSR count). The van der Waals surface area contributed by atoms with Crippen molar-refractivity contribution in [2.75, 3.05) is 6.54 Å². The largest absolute Gasteiger partial charge is 0.307 e. The second-order valence-corrected chi connectivity index (χ2v) is 4.49.